The number of hydrogen-bond donors (Lipinski definition) is 2. The van der Waals surface area contributed by atoms with Crippen molar-refractivity contribution in [3.05, 3.63) is 45.4 Å². The van der Waals surface area contributed by atoms with Gasteiger partial charge in [-0.15, -0.1) is 11.3 Å². The summed E-state index contributed by atoms with van der Waals surface area (Å²) in [5.74, 6) is -0.123. The quantitative estimate of drug-likeness (QED) is 0.813. The van der Waals surface area contributed by atoms with Gasteiger partial charge in [0.15, 0.2) is 14.8 Å². The maximum Gasteiger partial charge on any atom is 0.280 e. The largest absolute Gasteiger partial charge is 0.346 e. The Labute approximate surface area is 159 Å². The fourth-order valence-electron chi connectivity index (χ4n) is 2.29. The van der Waals surface area contributed by atoms with E-state index >= 15 is 0 Å². The van der Waals surface area contributed by atoms with E-state index in [1.54, 1.807) is 31.2 Å². The van der Waals surface area contributed by atoms with E-state index in [0.717, 1.165) is 22.7 Å². The van der Waals surface area contributed by atoms with Crippen LogP contribution in [0.5, 0.6) is 0 Å². The molecule has 2 N–H and O–H groups in total. The van der Waals surface area contributed by atoms with E-state index < -0.39 is 9.84 Å². The van der Waals surface area contributed by atoms with E-state index in [1.807, 2.05) is 0 Å². The first kappa shape index (κ1) is 20.5. The molecule has 0 saturated heterocycles. The standard InChI is InChI=1S/C15H17N3O3S2.C3H8/c1-2-23(20,21)11-5-3-10(4-6-11)7-17-14(19)15-18-12-8-16-9-13(12)22-15;1-3-2/h3-6,16H,2,7-9H2,1H3,(H,17,19);3H2,1-2H3. The van der Waals surface area contributed by atoms with Crippen molar-refractivity contribution in [3.63, 3.8) is 0 Å². The molecule has 1 aliphatic rings. The summed E-state index contributed by atoms with van der Waals surface area (Å²) in [6, 6.07) is 6.58. The van der Waals surface area contributed by atoms with Crippen LogP contribution in [0, 0.1) is 0 Å². The first-order valence-electron chi connectivity index (χ1n) is 8.70. The Hall–Kier alpha value is -1.77. The number of hydrogen-bond acceptors (Lipinski definition) is 6. The summed E-state index contributed by atoms with van der Waals surface area (Å²) < 4.78 is 23.5. The molecule has 2 heterocycles. The molecule has 26 heavy (non-hydrogen) atoms. The van der Waals surface area contributed by atoms with Gasteiger partial charge in [0.05, 0.1) is 16.3 Å². The summed E-state index contributed by atoms with van der Waals surface area (Å²) in [7, 11) is -3.19. The highest BCUT2D eigenvalue weighted by Crippen LogP contribution is 2.22. The summed E-state index contributed by atoms with van der Waals surface area (Å²) in [5.41, 5.74) is 1.80. The molecule has 2 aromatic rings. The molecule has 0 saturated carbocycles. The molecule has 1 aromatic carbocycles. The van der Waals surface area contributed by atoms with Crippen molar-refractivity contribution in [3.8, 4) is 0 Å². The minimum Gasteiger partial charge on any atom is -0.346 e. The molecular weight excluding hydrogens is 370 g/mol. The average molecular weight is 396 g/mol. The van der Waals surface area contributed by atoms with Gasteiger partial charge in [0.1, 0.15) is 0 Å². The third-order valence-electron chi connectivity index (χ3n) is 3.67. The second-order valence-corrected chi connectivity index (χ2v) is 9.29. The van der Waals surface area contributed by atoms with E-state index in [-0.39, 0.29) is 11.7 Å². The third kappa shape index (κ3) is 5.12. The van der Waals surface area contributed by atoms with Gasteiger partial charge in [0.25, 0.3) is 5.91 Å². The van der Waals surface area contributed by atoms with Crippen molar-refractivity contribution in [1.29, 1.82) is 0 Å². The van der Waals surface area contributed by atoms with Crippen LogP contribution in [-0.2, 0) is 29.5 Å². The van der Waals surface area contributed by atoms with Crippen molar-refractivity contribution >= 4 is 27.1 Å². The zero-order valence-corrected chi connectivity index (χ0v) is 17.0. The van der Waals surface area contributed by atoms with Crippen molar-refractivity contribution < 1.29 is 13.2 Å². The van der Waals surface area contributed by atoms with E-state index in [0.29, 0.717) is 23.0 Å². The minimum absolute atomic E-state index is 0.0760. The lowest BCUT2D eigenvalue weighted by Crippen LogP contribution is -2.22. The number of sulfone groups is 1. The molecule has 0 unspecified atom stereocenters. The van der Waals surface area contributed by atoms with Gasteiger partial charge in [0.2, 0.25) is 0 Å². The van der Waals surface area contributed by atoms with Crippen LogP contribution in [0.3, 0.4) is 0 Å². The molecule has 3 rings (SSSR count). The molecule has 0 radical (unpaired) electrons. The number of nitrogens with zero attached hydrogens (tertiary/aromatic N) is 1. The molecular formula is C18H25N3O3S2. The minimum atomic E-state index is -3.19. The van der Waals surface area contributed by atoms with Crippen LogP contribution in [0.1, 0.15) is 53.1 Å². The molecule has 142 valence electrons. The number of aromatic nitrogens is 1. The number of rotatable bonds is 5. The summed E-state index contributed by atoms with van der Waals surface area (Å²) in [5, 5.41) is 6.47. The molecule has 8 heteroatoms. The Morgan fingerprint density at radius 2 is 1.85 bits per heavy atom. The summed E-state index contributed by atoms with van der Waals surface area (Å²) in [6.45, 7) is 7.69. The number of fused-ring (bicyclic) bond motifs is 1. The molecule has 0 fully saturated rings. The predicted molar refractivity (Wildman–Crippen MR) is 104 cm³/mol. The van der Waals surface area contributed by atoms with Crippen LogP contribution in [0.4, 0.5) is 0 Å². The summed E-state index contributed by atoms with van der Waals surface area (Å²) in [6.07, 6.45) is 1.25. The van der Waals surface area contributed by atoms with Crippen LogP contribution in [0.25, 0.3) is 0 Å². The molecule has 0 atom stereocenters. The Morgan fingerprint density at radius 1 is 1.19 bits per heavy atom. The van der Waals surface area contributed by atoms with Gasteiger partial charge in [-0.25, -0.2) is 13.4 Å². The number of carbonyl (C=O) groups excluding carboxylic acids is 1. The van der Waals surface area contributed by atoms with Crippen molar-refractivity contribution in [2.24, 2.45) is 0 Å². The number of benzene rings is 1. The molecule has 0 bridgehead atoms. The molecule has 0 spiro atoms. The Kier molecular flexibility index (Phi) is 7.31. The van der Waals surface area contributed by atoms with Crippen LogP contribution in [0.2, 0.25) is 0 Å². The molecule has 1 amide bonds. The fourth-order valence-corrected chi connectivity index (χ4v) is 4.14. The Morgan fingerprint density at radius 3 is 2.42 bits per heavy atom. The average Bonchev–Trinajstić information content (AvgIpc) is 3.23. The number of thiazole rings is 1. The van der Waals surface area contributed by atoms with Crippen molar-refractivity contribution in [2.45, 2.75) is 51.7 Å². The number of carbonyl (C=O) groups is 1. The van der Waals surface area contributed by atoms with Gasteiger partial charge in [-0.3, -0.25) is 4.79 Å². The van der Waals surface area contributed by atoms with Gasteiger partial charge in [-0.2, -0.15) is 0 Å². The molecule has 0 aliphatic carbocycles. The summed E-state index contributed by atoms with van der Waals surface area (Å²) in [4.78, 5) is 17.9. The van der Waals surface area contributed by atoms with Crippen LogP contribution < -0.4 is 10.6 Å². The zero-order valence-electron chi connectivity index (χ0n) is 15.3. The van der Waals surface area contributed by atoms with E-state index in [1.165, 1.54) is 17.8 Å². The van der Waals surface area contributed by atoms with Gasteiger partial charge < -0.3 is 10.6 Å². The van der Waals surface area contributed by atoms with E-state index in [9.17, 15) is 13.2 Å². The zero-order chi connectivity index (χ0) is 19.2. The molecule has 6 nitrogen and oxygen atoms in total. The third-order valence-corrected chi connectivity index (χ3v) is 6.51. The van der Waals surface area contributed by atoms with Crippen LogP contribution in [-0.4, -0.2) is 25.1 Å². The van der Waals surface area contributed by atoms with Gasteiger partial charge in [0, 0.05) is 24.5 Å². The first-order valence-corrected chi connectivity index (χ1v) is 11.2. The summed E-state index contributed by atoms with van der Waals surface area (Å²) >= 11 is 1.41. The molecule has 1 aliphatic heterocycles. The second kappa shape index (κ2) is 9.25. The van der Waals surface area contributed by atoms with E-state index in [4.69, 9.17) is 0 Å². The highest BCUT2D eigenvalue weighted by molar-refractivity contribution is 7.91. The van der Waals surface area contributed by atoms with Crippen LogP contribution >= 0.6 is 11.3 Å². The van der Waals surface area contributed by atoms with Gasteiger partial charge in [-0.1, -0.05) is 39.3 Å². The maximum atomic E-state index is 12.1. The topological polar surface area (TPSA) is 88.2 Å². The smallest absolute Gasteiger partial charge is 0.280 e. The van der Waals surface area contributed by atoms with Crippen LogP contribution in [0.15, 0.2) is 29.2 Å². The van der Waals surface area contributed by atoms with Gasteiger partial charge in [-0.05, 0) is 17.7 Å². The maximum absolute atomic E-state index is 12.1. The van der Waals surface area contributed by atoms with Crippen molar-refractivity contribution in [1.82, 2.24) is 15.6 Å². The van der Waals surface area contributed by atoms with Gasteiger partial charge >= 0.3 is 0 Å². The Bertz CT molecular complexity index is 822. The molecule has 1 aromatic heterocycles. The Balaban J connectivity index is 0.000000758. The highest BCUT2D eigenvalue weighted by Gasteiger charge is 2.19. The number of amides is 1. The predicted octanol–water partition coefficient (Wildman–Crippen LogP) is 2.89. The highest BCUT2D eigenvalue weighted by atomic mass is 32.2. The number of nitrogens with one attached hydrogen (secondary N) is 2. The monoisotopic (exact) mass is 395 g/mol. The lowest BCUT2D eigenvalue weighted by atomic mass is 10.2. The first-order chi connectivity index (χ1) is 12.4. The second-order valence-electron chi connectivity index (χ2n) is 5.93. The lowest BCUT2D eigenvalue weighted by Gasteiger charge is -2.05. The SMILES string of the molecule is CCC.CCS(=O)(=O)c1ccc(CNC(=O)c2nc3c(s2)CNC3)cc1. The van der Waals surface area contributed by atoms with Crippen molar-refractivity contribution in [2.75, 3.05) is 5.75 Å². The normalized spacial score (nSPS) is 12.9. The lowest BCUT2D eigenvalue weighted by molar-refractivity contribution is 0.0950. The van der Waals surface area contributed by atoms with E-state index in [2.05, 4.69) is 29.5 Å². The fraction of sp³-hybridized carbons (Fsp3) is 0.444.